The summed E-state index contributed by atoms with van der Waals surface area (Å²) in [4.78, 5) is 12.0. The highest BCUT2D eigenvalue weighted by molar-refractivity contribution is 5.82. The van der Waals surface area contributed by atoms with Crippen molar-refractivity contribution in [2.24, 2.45) is 17.3 Å². The normalized spacial score (nSPS) is 24.7. The van der Waals surface area contributed by atoms with Crippen LogP contribution in [0, 0.1) is 17.3 Å². The van der Waals surface area contributed by atoms with Gasteiger partial charge in [-0.05, 0) is 50.1 Å². The Bertz CT molecular complexity index is 299. The van der Waals surface area contributed by atoms with E-state index < -0.39 is 0 Å². The number of amides is 1. The largest absolute Gasteiger partial charge is 0.381 e. The van der Waals surface area contributed by atoms with Gasteiger partial charge in [-0.15, -0.1) is 0 Å². The highest BCUT2D eigenvalue weighted by Crippen LogP contribution is 2.58. The van der Waals surface area contributed by atoms with Crippen molar-refractivity contribution in [3.8, 4) is 0 Å². The molecule has 2 fully saturated rings. The summed E-state index contributed by atoms with van der Waals surface area (Å²) in [7, 11) is 0. The molecule has 1 saturated heterocycles. The molecular formula is C15H28N2O2. The fourth-order valence-corrected chi connectivity index (χ4v) is 3.02. The predicted molar refractivity (Wildman–Crippen MR) is 75.9 cm³/mol. The summed E-state index contributed by atoms with van der Waals surface area (Å²) >= 11 is 0. The molecule has 19 heavy (non-hydrogen) atoms. The number of hydrogen-bond acceptors (Lipinski definition) is 3. The summed E-state index contributed by atoms with van der Waals surface area (Å²) in [6.45, 7) is 8.76. The van der Waals surface area contributed by atoms with Gasteiger partial charge in [0.25, 0.3) is 0 Å². The van der Waals surface area contributed by atoms with E-state index in [0.717, 1.165) is 45.7 Å². The van der Waals surface area contributed by atoms with Crippen molar-refractivity contribution in [2.75, 3.05) is 32.8 Å². The van der Waals surface area contributed by atoms with Crippen molar-refractivity contribution in [1.29, 1.82) is 0 Å². The highest BCUT2D eigenvalue weighted by atomic mass is 16.5. The Morgan fingerprint density at radius 1 is 1.42 bits per heavy atom. The van der Waals surface area contributed by atoms with E-state index in [1.807, 2.05) is 0 Å². The quantitative estimate of drug-likeness (QED) is 0.689. The van der Waals surface area contributed by atoms with Gasteiger partial charge in [0, 0.05) is 25.7 Å². The van der Waals surface area contributed by atoms with Crippen LogP contribution in [0.4, 0.5) is 0 Å². The number of piperidine rings is 1. The predicted octanol–water partition coefficient (Wildman–Crippen LogP) is 1.55. The third kappa shape index (κ3) is 4.18. The van der Waals surface area contributed by atoms with E-state index in [4.69, 9.17) is 4.74 Å². The Labute approximate surface area is 116 Å². The molecule has 1 aliphatic heterocycles. The zero-order valence-electron chi connectivity index (χ0n) is 12.3. The summed E-state index contributed by atoms with van der Waals surface area (Å²) in [5, 5.41) is 6.43. The van der Waals surface area contributed by atoms with Crippen LogP contribution in [-0.2, 0) is 9.53 Å². The number of ether oxygens (including phenoxy) is 1. The zero-order chi connectivity index (χ0) is 13.7. The number of rotatable bonds is 7. The van der Waals surface area contributed by atoms with Crippen LogP contribution in [-0.4, -0.2) is 38.8 Å². The summed E-state index contributed by atoms with van der Waals surface area (Å²) in [6.07, 6.45) is 4.36. The molecular weight excluding hydrogens is 240 g/mol. The number of hydrogen-bond donors (Lipinski definition) is 2. The average Bonchev–Trinajstić information content (AvgIpc) is 3.07. The monoisotopic (exact) mass is 268 g/mol. The van der Waals surface area contributed by atoms with Gasteiger partial charge in [-0.3, -0.25) is 4.79 Å². The molecule has 2 rings (SSSR count). The maximum Gasteiger partial charge on any atom is 0.223 e. The maximum atomic E-state index is 12.0. The third-order valence-corrected chi connectivity index (χ3v) is 4.32. The lowest BCUT2D eigenvalue weighted by molar-refractivity contribution is -0.123. The average molecular weight is 268 g/mol. The van der Waals surface area contributed by atoms with Crippen LogP contribution in [0.1, 0.15) is 39.5 Å². The highest BCUT2D eigenvalue weighted by Gasteiger charge is 2.57. The summed E-state index contributed by atoms with van der Waals surface area (Å²) in [6, 6.07) is 0. The molecule has 1 saturated carbocycles. The van der Waals surface area contributed by atoms with Crippen molar-refractivity contribution >= 4 is 5.91 Å². The van der Waals surface area contributed by atoms with E-state index in [1.54, 1.807) is 0 Å². The molecule has 0 aromatic heterocycles. The second-order valence-corrected chi connectivity index (χ2v) is 6.48. The molecule has 0 aromatic rings. The molecule has 1 aliphatic carbocycles. The van der Waals surface area contributed by atoms with E-state index in [-0.39, 0.29) is 11.8 Å². The lowest BCUT2D eigenvalue weighted by Gasteiger charge is -2.23. The summed E-state index contributed by atoms with van der Waals surface area (Å²) in [5.74, 6) is 1.14. The number of carbonyl (C=O) groups is 1. The van der Waals surface area contributed by atoms with Crippen molar-refractivity contribution in [2.45, 2.75) is 39.5 Å². The van der Waals surface area contributed by atoms with Gasteiger partial charge in [0.15, 0.2) is 0 Å². The van der Waals surface area contributed by atoms with Crippen LogP contribution in [0.5, 0.6) is 0 Å². The minimum Gasteiger partial charge on any atom is -0.381 e. The van der Waals surface area contributed by atoms with E-state index in [2.05, 4.69) is 24.5 Å². The summed E-state index contributed by atoms with van der Waals surface area (Å²) < 4.78 is 5.50. The molecule has 2 N–H and O–H groups in total. The molecule has 0 bridgehead atoms. The van der Waals surface area contributed by atoms with Crippen LogP contribution in [0.25, 0.3) is 0 Å². The second kappa shape index (κ2) is 6.71. The van der Waals surface area contributed by atoms with E-state index >= 15 is 0 Å². The minimum atomic E-state index is 0.269. The molecule has 1 unspecified atom stereocenters. The van der Waals surface area contributed by atoms with Gasteiger partial charge in [-0.2, -0.15) is 0 Å². The van der Waals surface area contributed by atoms with E-state index in [1.165, 1.54) is 12.8 Å². The molecule has 1 atom stereocenters. The van der Waals surface area contributed by atoms with Gasteiger partial charge in [0.2, 0.25) is 5.91 Å². The van der Waals surface area contributed by atoms with Crippen molar-refractivity contribution < 1.29 is 9.53 Å². The van der Waals surface area contributed by atoms with Crippen LogP contribution in [0.2, 0.25) is 0 Å². The molecule has 1 spiro atoms. The lowest BCUT2D eigenvalue weighted by atomic mass is 9.92. The molecule has 4 nitrogen and oxygen atoms in total. The standard InChI is InChI=1S/C15H28N2O2/c1-12(2)11-19-9-3-6-17-14(18)13-10-15(13)4-7-16-8-5-15/h12-13,16H,3-11H2,1-2H3,(H,17,18). The van der Waals surface area contributed by atoms with Crippen LogP contribution >= 0.6 is 0 Å². The zero-order valence-corrected chi connectivity index (χ0v) is 12.3. The Kier molecular flexibility index (Phi) is 5.22. The van der Waals surface area contributed by atoms with Crippen molar-refractivity contribution in [3.63, 3.8) is 0 Å². The molecule has 110 valence electrons. The van der Waals surface area contributed by atoms with Crippen molar-refractivity contribution in [1.82, 2.24) is 10.6 Å². The fourth-order valence-electron chi connectivity index (χ4n) is 3.02. The third-order valence-electron chi connectivity index (χ3n) is 4.32. The van der Waals surface area contributed by atoms with Gasteiger partial charge >= 0.3 is 0 Å². The smallest absolute Gasteiger partial charge is 0.223 e. The Morgan fingerprint density at radius 2 is 2.16 bits per heavy atom. The first kappa shape index (κ1) is 14.8. The first-order valence-electron chi connectivity index (χ1n) is 7.70. The van der Waals surface area contributed by atoms with Crippen LogP contribution in [0.3, 0.4) is 0 Å². The molecule has 0 aromatic carbocycles. The van der Waals surface area contributed by atoms with Gasteiger partial charge in [-0.1, -0.05) is 13.8 Å². The fraction of sp³-hybridized carbons (Fsp3) is 0.933. The van der Waals surface area contributed by atoms with Gasteiger partial charge in [0.1, 0.15) is 0 Å². The van der Waals surface area contributed by atoms with E-state index in [9.17, 15) is 4.79 Å². The molecule has 0 radical (unpaired) electrons. The first-order chi connectivity index (χ1) is 9.14. The summed E-state index contributed by atoms with van der Waals surface area (Å²) in [5.41, 5.74) is 0.351. The van der Waals surface area contributed by atoms with Gasteiger partial charge < -0.3 is 15.4 Å². The molecule has 4 heteroatoms. The lowest BCUT2D eigenvalue weighted by Crippen LogP contribution is -2.34. The van der Waals surface area contributed by atoms with Crippen LogP contribution in [0.15, 0.2) is 0 Å². The maximum absolute atomic E-state index is 12.0. The second-order valence-electron chi connectivity index (χ2n) is 6.48. The Hall–Kier alpha value is -0.610. The van der Waals surface area contributed by atoms with E-state index in [0.29, 0.717) is 11.3 Å². The van der Waals surface area contributed by atoms with Gasteiger partial charge in [-0.25, -0.2) is 0 Å². The first-order valence-corrected chi connectivity index (χ1v) is 7.70. The number of nitrogens with one attached hydrogen (secondary N) is 2. The molecule has 1 heterocycles. The van der Waals surface area contributed by atoms with Gasteiger partial charge in [0.05, 0.1) is 0 Å². The molecule has 1 amide bonds. The van der Waals surface area contributed by atoms with Crippen molar-refractivity contribution in [3.05, 3.63) is 0 Å². The Balaban J connectivity index is 1.54. The topological polar surface area (TPSA) is 50.4 Å². The Morgan fingerprint density at radius 3 is 2.84 bits per heavy atom. The van der Waals surface area contributed by atoms with Crippen LogP contribution < -0.4 is 10.6 Å². The molecule has 2 aliphatic rings. The SMILES string of the molecule is CC(C)COCCCNC(=O)C1CC12CCNCC2. The minimum absolute atomic E-state index is 0.269. The number of carbonyl (C=O) groups excluding carboxylic acids is 1.